The summed E-state index contributed by atoms with van der Waals surface area (Å²) in [6.45, 7) is 7.12. The van der Waals surface area contributed by atoms with Crippen molar-refractivity contribution in [3.63, 3.8) is 0 Å². The van der Waals surface area contributed by atoms with Crippen LogP contribution in [0.4, 0.5) is 5.69 Å². The third-order valence-corrected chi connectivity index (χ3v) is 4.89. The number of anilines is 1. The highest BCUT2D eigenvalue weighted by Crippen LogP contribution is 2.47. The van der Waals surface area contributed by atoms with E-state index in [2.05, 4.69) is 25.7 Å². The van der Waals surface area contributed by atoms with Crippen LogP contribution in [0.15, 0.2) is 42.5 Å². The number of nitrogens with zero attached hydrogens (tertiary/aromatic N) is 1. The molecule has 4 N–H and O–H groups in total. The van der Waals surface area contributed by atoms with Gasteiger partial charge in [-0.1, -0.05) is 44.7 Å². The summed E-state index contributed by atoms with van der Waals surface area (Å²) in [4.78, 5) is 11.0. The Morgan fingerprint density at radius 2 is 2.00 bits per heavy atom. The van der Waals surface area contributed by atoms with E-state index in [-0.39, 0.29) is 34.7 Å². The molecule has 2 aromatic carbocycles. The summed E-state index contributed by atoms with van der Waals surface area (Å²) in [6, 6.07) is 11.4. The van der Waals surface area contributed by atoms with Crippen molar-refractivity contribution in [1.82, 2.24) is 0 Å². The minimum absolute atomic E-state index is 0.0109. The van der Waals surface area contributed by atoms with E-state index in [9.17, 15) is 20.3 Å². The first kappa shape index (κ1) is 20.4. The van der Waals surface area contributed by atoms with Crippen LogP contribution in [0.5, 0.6) is 5.75 Å². The van der Waals surface area contributed by atoms with Crippen molar-refractivity contribution in [2.24, 2.45) is 0 Å². The van der Waals surface area contributed by atoms with Crippen LogP contribution in [-0.4, -0.2) is 34.4 Å². The molecule has 2 aromatic rings. The minimum atomic E-state index is -2.32. The highest BCUT2D eigenvalue weighted by atomic mass is 16.6. The SMILES string of the molecule is C=C(CNc1cc(-c2ccc(C(C)C)cc2)c2c(c1C#N)C(O)(O)CO2)C(=O)O. The zero-order chi connectivity index (χ0) is 21.3. The maximum absolute atomic E-state index is 11.0. The number of carboxylic acid groups (broad SMARTS) is 1. The Balaban J connectivity index is 2.15. The number of carboxylic acids is 1. The predicted octanol–water partition coefficient (Wildman–Crippen LogP) is 2.93. The Morgan fingerprint density at radius 3 is 2.55 bits per heavy atom. The number of benzene rings is 2. The molecule has 0 aliphatic carbocycles. The molecule has 1 aliphatic rings. The summed E-state index contributed by atoms with van der Waals surface area (Å²) >= 11 is 0. The number of fused-ring (bicyclic) bond motifs is 1. The molecule has 0 amide bonds. The first-order chi connectivity index (χ1) is 13.7. The van der Waals surface area contributed by atoms with Crippen LogP contribution in [0.3, 0.4) is 0 Å². The molecule has 7 nitrogen and oxygen atoms in total. The third-order valence-electron chi connectivity index (χ3n) is 4.89. The lowest BCUT2D eigenvalue weighted by atomic mass is 9.92. The fraction of sp³-hybridized carbons (Fsp3) is 0.273. The van der Waals surface area contributed by atoms with E-state index in [1.165, 1.54) is 0 Å². The van der Waals surface area contributed by atoms with Crippen molar-refractivity contribution < 1.29 is 24.9 Å². The van der Waals surface area contributed by atoms with Gasteiger partial charge < -0.3 is 25.4 Å². The maximum Gasteiger partial charge on any atom is 0.332 e. The topological polar surface area (TPSA) is 123 Å². The summed E-state index contributed by atoms with van der Waals surface area (Å²) in [5.74, 6) is -2.90. The zero-order valence-electron chi connectivity index (χ0n) is 16.2. The molecule has 1 heterocycles. The smallest absolute Gasteiger partial charge is 0.332 e. The van der Waals surface area contributed by atoms with Crippen molar-refractivity contribution in [1.29, 1.82) is 5.26 Å². The average Bonchev–Trinajstić information content (AvgIpc) is 3.00. The Kier molecular flexibility index (Phi) is 5.33. The standard InChI is InChI=1S/C22H22N2O5/c1-12(2)14-4-6-15(7-5-14)16-8-18(24-10-13(3)21(25)26)17(9-23)19-20(16)29-11-22(19,27)28/h4-8,12,24,27-28H,3,10-11H2,1-2H3,(H,25,26). The van der Waals surface area contributed by atoms with Gasteiger partial charge in [0.15, 0.2) is 0 Å². The van der Waals surface area contributed by atoms with E-state index in [0.717, 1.165) is 11.1 Å². The summed E-state index contributed by atoms with van der Waals surface area (Å²) < 4.78 is 5.55. The van der Waals surface area contributed by atoms with Gasteiger partial charge >= 0.3 is 5.97 Å². The van der Waals surface area contributed by atoms with Gasteiger partial charge in [-0.15, -0.1) is 0 Å². The Bertz CT molecular complexity index is 1020. The number of aliphatic hydroxyl groups is 2. The van der Waals surface area contributed by atoms with Gasteiger partial charge in [0.2, 0.25) is 5.79 Å². The fourth-order valence-electron chi connectivity index (χ4n) is 3.24. The van der Waals surface area contributed by atoms with Gasteiger partial charge in [-0.2, -0.15) is 5.26 Å². The molecule has 1 aliphatic heterocycles. The molecule has 29 heavy (non-hydrogen) atoms. The molecule has 0 saturated heterocycles. The van der Waals surface area contributed by atoms with E-state index in [0.29, 0.717) is 11.5 Å². The molecule has 3 rings (SSSR count). The lowest BCUT2D eigenvalue weighted by molar-refractivity contribution is -0.174. The molecule has 0 radical (unpaired) electrons. The van der Waals surface area contributed by atoms with Gasteiger partial charge in [-0.3, -0.25) is 0 Å². The van der Waals surface area contributed by atoms with Crippen molar-refractivity contribution >= 4 is 11.7 Å². The summed E-state index contributed by atoms with van der Waals surface area (Å²) in [6.07, 6.45) is 0. The molecule has 0 atom stereocenters. The number of ether oxygens (including phenoxy) is 1. The molecule has 7 heteroatoms. The molecule has 0 unspecified atom stereocenters. The first-order valence-corrected chi connectivity index (χ1v) is 9.10. The summed E-state index contributed by atoms with van der Waals surface area (Å²) in [5, 5.41) is 42.3. The van der Waals surface area contributed by atoms with E-state index < -0.39 is 18.4 Å². The number of carbonyl (C=O) groups is 1. The van der Waals surface area contributed by atoms with E-state index in [1.807, 2.05) is 30.3 Å². The number of hydrogen-bond donors (Lipinski definition) is 4. The second-order valence-corrected chi connectivity index (χ2v) is 7.31. The second-order valence-electron chi connectivity index (χ2n) is 7.31. The van der Waals surface area contributed by atoms with Crippen LogP contribution < -0.4 is 10.1 Å². The summed E-state index contributed by atoms with van der Waals surface area (Å²) in [5.41, 5.74) is 2.63. The van der Waals surface area contributed by atoms with Crippen molar-refractivity contribution in [3.8, 4) is 22.9 Å². The minimum Gasteiger partial charge on any atom is -0.486 e. The normalized spacial score (nSPS) is 14.1. The van der Waals surface area contributed by atoms with Gasteiger partial charge in [-0.25, -0.2) is 4.79 Å². The third kappa shape index (κ3) is 3.81. The largest absolute Gasteiger partial charge is 0.486 e. The van der Waals surface area contributed by atoms with Gasteiger partial charge in [0.25, 0.3) is 0 Å². The number of nitriles is 1. The highest BCUT2D eigenvalue weighted by Gasteiger charge is 2.42. The van der Waals surface area contributed by atoms with Gasteiger partial charge in [0, 0.05) is 17.7 Å². The monoisotopic (exact) mass is 394 g/mol. The van der Waals surface area contributed by atoms with E-state index >= 15 is 0 Å². The number of aliphatic carboxylic acids is 1. The lowest BCUT2D eigenvalue weighted by Crippen LogP contribution is -2.27. The lowest BCUT2D eigenvalue weighted by Gasteiger charge is -2.19. The first-order valence-electron chi connectivity index (χ1n) is 9.10. The molecular weight excluding hydrogens is 372 g/mol. The van der Waals surface area contributed by atoms with Crippen molar-refractivity contribution in [2.45, 2.75) is 25.6 Å². The van der Waals surface area contributed by atoms with Crippen molar-refractivity contribution in [2.75, 3.05) is 18.5 Å². The van der Waals surface area contributed by atoms with Gasteiger partial charge in [0.1, 0.15) is 18.4 Å². The van der Waals surface area contributed by atoms with Crippen molar-refractivity contribution in [3.05, 3.63) is 59.2 Å². The van der Waals surface area contributed by atoms with Crippen LogP contribution in [0.2, 0.25) is 0 Å². The molecule has 150 valence electrons. The molecule has 0 spiro atoms. The van der Waals surface area contributed by atoms with Crippen LogP contribution in [-0.2, 0) is 10.6 Å². The molecule has 0 fully saturated rings. The number of hydrogen-bond acceptors (Lipinski definition) is 6. The van der Waals surface area contributed by atoms with Gasteiger partial charge in [0.05, 0.1) is 16.8 Å². The molecule has 0 bridgehead atoms. The molecule has 0 aromatic heterocycles. The van der Waals surface area contributed by atoms with Crippen LogP contribution >= 0.6 is 0 Å². The predicted molar refractivity (Wildman–Crippen MR) is 108 cm³/mol. The number of rotatable bonds is 6. The Hall–Kier alpha value is -3.34. The molecular formula is C22H22N2O5. The van der Waals surface area contributed by atoms with E-state index in [4.69, 9.17) is 9.84 Å². The quantitative estimate of drug-likeness (QED) is 0.439. The second kappa shape index (κ2) is 7.59. The van der Waals surface area contributed by atoms with Crippen LogP contribution in [0.25, 0.3) is 11.1 Å². The molecule has 0 saturated carbocycles. The van der Waals surface area contributed by atoms with Crippen LogP contribution in [0.1, 0.15) is 36.5 Å². The Labute approximate surface area is 168 Å². The number of nitrogens with one attached hydrogen (secondary N) is 1. The average molecular weight is 394 g/mol. The maximum atomic E-state index is 11.0. The fourth-order valence-corrected chi connectivity index (χ4v) is 3.24. The summed E-state index contributed by atoms with van der Waals surface area (Å²) in [7, 11) is 0. The zero-order valence-corrected chi connectivity index (χ0v) is 16.2. The van der Waals surface area contributed by atoms with E-state index in [1.54, 1.807) is 6.07 Å². The van der Waals surface area contributed by atoms with Gasteiger partial charge in [-0.05, 0) is 23.1 Å². The van der Waals surface area contributed by atoms with Crippen LogP contribution in [0, 0.1) is 11.3 Å². The highest BCUT2D eigenvalue weighted by molar-refractivity contribution is 5.87. The Morgan fingerprint density at radius 1 is 1.34 bits per heavy atom.